The summed E-state index contributed by atoms with van der Waals surface area (Å²) in [5.41, 5.74) is 0. The molecular weight excluding hydrogens is 145 g/mol. The van der Waals surface area contributed by atoms with E-state index in [1.807, 2.05) is 0 Å². The van der Waals surface area contributed by atoms with Gasteiger partial charge in [0.05, 0.1) is 20.7 Å². The summed E-state index contributed by atoms with van der Waals surface area (Å²) in [7, 11) is 3.46. The minimum Gasteiger partial charge on any atom is -1.00 e. The third-order valence-electron chi connectivity index (χ3n) is 1.03. The number of alkyl halides is 1. The van der Waals surface area contributed by atoms with E-state index in [1.165, 1.54) is 0 Å². The smallest absolute Gasteiger partial charge is 0.221 e. The van der Waals surface area contributed by atoms with Gasteiger partial charge in [0, 0.05) is 0 Å². The summed E-state index contributed by atoms with van der Waals surface area (Å²) in [5, 5.41) is 8.35. The molecule has 0 spiro atoms. The Labute approximate surface area is 61.3 Å². The molecule has 0 unspecified atom stereocenters. The highest BCUT2D eigenvalue weighted by atomic mass is 35.5. The Balaban J connectivity index is 0. The molecular formula is C5H13ClFNO. The van der Waals surface area contributed by atoms with Gasteiger partial charge in [-0.2, -0.15) is 4.39 Å². The molecule has 0 fully saturated rings. The monoisotopic (exact) mass is 157 g/mol. The van der Waals surface area contributed by atoms with E-state index in [-0.39, 0.29) is 23.5 Å². The predicted molar refractivity (Wildman–Crippen MR) is 30.0 cm³/mol. The quantitative estimate of drug-likeness (QED) is 0.342. The molecule has 58 valence electrons. The first-order valence-corrected chi connectivity index (χ1v) is 2.61. The number of hydrogen-bond acceptors (Lipinski definition) is 1. The SMILES string of the molecule is C[N+](C)(CF)CCO.[Cl-]. The third kappa shape index (κ3) is 6.02. The molecule has 0 heterocycles. The molecule has 9 heavy (non-hydrogen) atoms. The van der Waals surface area contributed by atoms with Gasteiger partial charge in [-0.3, -0.25) is 0 Å². The number of nitrogens with zero attached hydrogens (tertiary/aromatic N) is 1. The Morgan fingerprint density at radius 2 is 1.89 bits per heavy atom. The van der Waals surface area contributed by atoms with Crippen molar-refractivity contribution in [1.29, 1.82) is 0 Å². The van der Waals surface area contributed by atoms with Crippen molar-refractivity contribution in [3.8, 4) is 0 Å². The highest BCUT2D eigenvalue weighted by Gasteiger charge is 2.11. The number of aliphatic hydroxyl groups excluding tert-OH is 1. The van der Waals surface area contributed by atoms with E-state index in [0.29, 0.717) is 6.54 Å². The topological polar surface area (TPSA) is 20.2 Å². The van der Waals surface area contributed by atoms with Gasteiger partial charge in [0.25, 0.3) is 0 Å². The molecule has 0 amide bonds. The van der Waals surface area contributed by atoms with E-state index in [9.17, 15) is 4.39 Å². The van der Waals surface area contributed by atoms with Crippen LogP contribution in [0.15, 0.2) is 0 Å². The molecule has 4 heteroatoms. The van der Waals surface area contributed by atoms with Gasteiger partial charge in [-0.15, -0.1) is 0 Å². The largest absolute Gasteiger partial charge is 1.00 e. The minimum atomic E-state index is -0.416. The summed E-state index contributed by atoms with van der Waals surface area (Å²) in [5.74, 6) is 0. The summed E-state index contributed by atoms with van der Waals surface area (Å²) in [6.07, 6.45) is 0. The first-order chi connectivity index (χ1) is 3.62. The maximum atomic E-state index is 11.8. The van der Waals surface area contributed by atoms with E-state index in [4.69, 9.17) is 5.11 Å². The maximum absolute atomic E-state index is 11.8. The van der Waals surface area contributed by atoms with Crippen molar-refractivity contribution in [1.82, 2.24) is 0 Å². The van der Waals surface area contributed by atoms with Crippen LogP contribution in [0, 0.1) is 0 Å². The zero-order chi connectivity index (χ0) is 6.62. The van der Waals surface area contributed by atoms with Gasteiger partial charge in [-0.05, 0) is 0 Å². The predicted octanol–water partition coefficient (Wildman–Crippen LogP) is -3.01. The second kappa shape index (κ2) is 4.97. The number of aliphatic hydroxyl groups is 1. The van der Waals surface area contributed by atoms with Crippen molar-refractivity contribution in [2.45, 2.75) is 0 Å². The summed E-state index contributed by atoms with van der Waals surface area (Å²) in [6.45, 7) is 0.119. The lowest BCUT2D eigenvalue weighted by atomic mass is 10.5. The van der Waals surface area contributed by atoms with Crippen LogP contribution in [0.1, 0.15) is 0 Å². The van der Waals surface area contributed by atoms with Crippen molar-refractivity contribution in [2.75, 3.05) is 34.0 Å². The second-order valence-electron chi connectivity index (χ2n) is 2.50. The van der Waals surface area contributed by atoms with E-state index >= 15 is 0 Å². The molecule has 0 bridgehead atoms. The number of likely N-dealkylation sites (N-methyl/N-ethyl adjacent to an activating group) is 1. The van der Waals surface area contributed by atoms with Crippen LogP contribution in [0.2, 0.25) is 0 Å². The van der Waals surface area contributed by atoms with E-state index in [1.54, 1.807) is 14.1 Å². The molecule has 0 rings (SSSR count). The molecule has 0 aromatic rings. The van der Waals surface area contributed by atoms with Crippen LogP contribution < -0.4 is 12.4 Å². The number of halogens is 2. The lowest BCUT2D eigenvalue weighted by molar-refractivity contribution is -0.903. The van der Waals surface area contributed by atoms with E-state index < -0.39 is 6.80 Å². The molecule has 0 atom stereocenters. The summed E-state index contributed by atoms with van der Waals surface area (Å²) >= 11 is 0. The van der Waals surface area contributed by atoms with Crippen LogP contribution in [-0.2, 0) is 0 Å². The molecule has 0 aromatic heterocycles. The van der Waals surface area contributed by atoms with Crippen molar-refractivity contribution in [3.63, 3.8) is 0 Å². The third-order valence-corrected chi connectivity index (χ3v) is 1.03. The van der Waals surface area contributed by atoms with Crippen LogP contribution in [0.4, 0.5) is 4.39 Å². The lowest BCUT2D eigenvalue weighted by Gasteiger charge is -2.24. The molecule has 0 aliphatic carbocycles. The summed E-state index contributed by atoms with van der Waals surface area (Å²) < 4.78 is 12.1. The van der Waals surface area contributed by atoms with Crippen LogP contribution in [0.25, 0.3) is 0 Å². The normalized spacial score (nSPS) is 10.7. The first-order valence-electron chi connectivity index (χ1n) is 2.61. The maximum Gasteiger partial charge on any atom is 0.221 e. The standard InChI is InChI=1S/C5H13FNO.ClH/c1-7(2,5-6)3-4-8;/h8H,3-5H2,1-2H3;1H/q+1;/p-1. The van der Waals surface area contributed by atoms with Gasteiger partial charge in [-0.1, -0.05) is 0 Å². The van der Waals surface area contributed by atoms with Gasteiger partial charge < -0.3 is 22.0 Å². The highest BCUT2D eigenvalue weighted by molar-refractivity contribution is 4.21. The highest BCUT2D eigenvalue weighted by Crippen LogP contribution is 1.93. The average molecular weight is 158 g/mol. The summed E-state index contributed by atoms with van der Waals surface area (Å²) in [6, 6.07) is 0. The van der Waals surface area contributed by atoms with Crippen molar-refractivity contribution in [2.24, 2.45) is 0 Å². The minimum absolute atomic E-state index is 0. The van der Waals surface area contributed by atoms with Gasteiger partial charge >= 0.3 is 0 Å². The molecule has 0 aromatic carbocycles. The van der Waals surface area contributed by atoms with Crippen molar-refractivity contribution in [3.05, 3.63) is 0 Å². The lowest BCUT2D eigenvalue weighted by Crippen LogP contribution is -3.00. The first kappa shape index (κ1) is 11.9. The zero-order valence-corrected chi connectivity index (χ0v) is 6.53. The number of rotatable bonds is 3. The van der Waals surface area contributed by atoms with Gasteiger partial charge in [0.2, 0.25) is 6.80 Å². The van der Waals surface area contributed by atoms with Gasteiger partial charge in [0.15, 0.2) is 0 Å². The fourth-order valence-corrected chi connectivity index (χ4v) is 0.330. The van der Waals surface area contributed by atoms with Crippen LogP contribution in [0.3, 0.4) is 0 Å². The Bertz CT molecular complexity index is 70.0. The Kier molecular flexibility index (Phi) is 6.56. The van der Waals surface area contributed by atoms with Crippen LogP contribution in [0.5, 0.6) is 0 Å². The summed E-state index contributed by atoms with van der Waals surface area (Å²) in [4.78, 5) is 0. The van der Waals surface area contributed by atoms with Gasteiger partial charge in [-0.25, -0.2) is 0 Å². The van der Waals surface area contributed by atoms with E-state index in [2.05, 4.69) is 0 Å². The molecule has 0 saturated heterocycles. The second-order valence-corrected chi connectivity index (χ2v) is 2.50. The Morgan fingerprint density at radius 3 is 2.00 bits per heavy atom. The molecule has 0 radical (unpaired) electrons. The Morgan fingerprint density at radius 1 is 1.44 bits per heavy atom. The molecule has 1 N–H and O–H groups in total. The number of quaternary nitrogens is 1. The van der Waals surface area contributed by atoms with Crippen molar-refractivity contribution >= 4 is 0 Å². The van der Waals surface area contributed by atoms with Gasteiger partial charge in [0.1, 0.15) is 6.54 Å². The van der Waals surface area contributed by atoms with Crippen LogP contribution in [-0.4, -0.2) is 43.6 Å². The molecule has 0 aliphatic heterocycles. The fourth-order valence-electron chi connectivity index (χ4n) is 0.330. The number of hydrogen-bond donors (Lipinski definition) is 1. The molecule has 0 aliphatic rings. The molecule has 0 saturated carbocycles. The van der Waals surface area contributed by atoms with Crippen LogP contribution >= 0.6 is 0 Å². The zero-order valence-electron chi connectivity index (χ0n) is 5.77. The average Bonchev–Trinajstić information content (AvgIpc) is 1.67. The van der Waals surface area contributed by atoms with E-state index in [0.717, 1.165) is 0 Å². The molecule has 2 nitrogen and oxygen atoms in total. The fraction of sp³-hybridized carbons (Fsp3) is 1.00. The Hall–Kier alpha value is 0.140. The van der Waals surface area contributed by atoms with Crippen molar-refractivity contribution < 1.29 is 26.4 Å².